The first-order valence-electron chi connectivity index (χ1n) is 8.16. The molecule has 126 valence electrons. The van der Waals surface area contributed by atoms with Gasteiger partial charge in [0, 0.05) is 30.2 Å². The van der Waals surface area contributed by atoms with E-state index >= 15 is 0 Å². The summed E-state index contributed by atoms with van der Waals surface area (Å²) in [7, 11) is 0. The maximum atomic E-state index is 12.6. The largest absolute Gasteiger partial charge is 0.280 e. The van der Waals surface area contributed by atoms with Gasteiger partial charge in [-0.05, 0) is 41.8 Å². The van der Waals surface area contributed by atoms with Crippen LogP contribution in [-0.2, 0) is 0 Å². The highest BCUT2D eigenvalue weighted by molar-refractivity contribution is 6.32. The molecule has 0 bridgehead atoms. The van der Waals surface area contributed by atoms with Gasteiger partial charge in [0.2, 0.25) is 0 Å². The molecule has 0 radical (unpaired) electrons. The normalized spacial score (nSPS) is 12.7. The minimum absolute atomic E-state index is 0.296. The first-order valence-corrected chi connectivity index (χ1v) is 8.16. The van der Waals surface area contributed by atoms with Crippen molar-refractivity contribution < 1.29 is 9.59 Å². The predicted octanol–water partition coefficient (Wildman–Crippen LogP) is 3.66. The van der Waals surface area contributed by atoms with Gasteiger partial charge in [-0.15, -0.1) is 0 Å². The summed E-state index contributed by atoms with van der Waals surface area (Å²) < 4.78 is 1.51. The molecular weight excluding hydrogens is 326 g/mol. The maximum absolute atomic E-state index is 12.6. The minimum Gasteiger partial charge on any atom is -0.267 e. The van der Waals surface area contributed by atoms with E-state index in [1.165, 1.54) is 4.68 Å². The van der Waals surface area contributed by atoms with Crippen molar-refractivity contribution in [1.29, 1.82) is 0 Å². The Kier molecular flexibility index (Phi) is 4.03. The lowest BCUT2D eigenvalue weighted by Crippen LogP contribution is -2.47. The van der Waals surface area contributed by atoms with Crippen LogP contribution in [0.2, 0.25) is 0 Å². The van der Waals surface area contributed by atoms with Crippen molar-refractivity contribution in [2.45, 2.75) is 0 Å². The second kappa shape index (κ2) is 6.64. The third-order valence-electron chi connectivity index (χ3n) is 4.14. The Morgan fingerprint density at radius 1 is 0.654 bits per heavy atom. The van der Waals surface area contributed by atoms with E-state index in [0.29, 0.717) is 11.1 Å². The zero-order chi connectivity index (χ0) is 17.9. The van der Waals surface area contributed by atoms with Crippen LogP contribution in [-0.4, -0.2) is 21.5 Å². The molecule has 0 fully saturated rings. The highest BCUT2D eigenvalue weighted by Crippen LogP contribution is 2.29. The van der Waals surface area contributed by atoms with Crippen LogP contribution in [0.25, 0.3) is 10.8 Å². The van der Waals surface area contributed by atoms with Crippen molar-refractivity contribution in [3.05, 3.63) is 103 Å². The molecule has 1 aliphatic rings. The highest BCUT2D eigenvalue weighted by atomic mass is 16.2. The van der Waals surface area contributed by atoms with Gasteiger partial charge in [0.05, 0.1) is 11.1 Å². The zero-order valence-corrected chi connectivity index (χ0v) is 13.8. The molecule has 2 aromatic heterocycles. The summed E-state index contributed by atoms with van der Waals surface area (Å²) in [6.45, 7) is 0. The number of aromatic nitrogens is 2. The van der Waals surface area contributed by atoms with Gasteiger partial charge in [-0.3, -0.25) is 19.2 Å². The third-order valence-corrected chi connectivity index (χ3v) is 4.14. The molecule has 2 amide bonds. The molecule has 0 N–H and O–H groups in total. The lowest BCUT2D eigenvalue weighted by atomic mass is 9.95. The Balaban J connectivity index is 0.000000240. The average molecular weight is 341 g/mol. The van der Waals surface area contributed by atoms with Crippen LogP contribution in [0.1, 0.15) is 20.7 Å². The van der Waals surface area contributed by atoms with Crippen LogP contribution >= 0.6 is 0 Å². The van der Waals surface area contributed by atoms with E-state index in [1.54, 1.807) is 49.1 Å². The van der Waals surface area contributed by atoms with Gasteiger partial charge >= 0.3 is 0 Å². The van der Waals surface area contributed by atoms with Crippen molar-refractivity contribution in [1.82, 2.24) is 9.66 Å². The molecule has 5 nitrogen and oxygen atoms in total. The summed E-state index contributed by atoms with van der Waals surface area (Å²) >= 11 is 0. The first-order chi connectivity index (χ1) is 12.8. The number of hydrogen-bond donors (Lipinski definition) is 0. The van der Waals surface area contributed by atoms with Crippen LogP contribution in [0.5, 0.6) is 0 Å². The number of hydrogen-bond acceptors (Lipinski definition) is 3. The zero-order valence-electron chi connectivity index (χ0n) is 13.8. The SMILES string of the molecule is O=C1c2cccc3cccc(c23)C(=O)N1n1cccc1.c1ccncc1. The lowest BCUT2D eigenvalue weighted by Gasteiger charge is -2.27. The molecule has 5 rings (SSSR count). The average Bonchev–Trinajstić information content (AvgIpc) is 3.22. The van der Waals surface area contributed by atoms with Gasteiger partial charge < -0.3 is 0 Å². The number of imide groups is 1. The molecule has 3 heterocycles. The number of benzene rings is 2. The van der Waals surface area contributed by atoms with Gasteiger partial charge in [0.15, 0.2) is 0 Å². The van der Waals surface area contributed by atoms with Crippen molar-refractivity contribution in [3.63, 3.8) is 0 Å². The van der Waals surface area contributed by atoms with Crippen LogP contribution in [0.15, 0.2) is 91.5 Å². The van der Waals surface area contributed by atoms with Crippen LogP contribution in [0, 0.1) is 0 Å². The molecule has 5 heteroatoms. The maximum Gasteiger partial charge on any atom is 0.280 e. The monoisotopic (exact) mass is 341 g/mol. The number of carbonyl (C=O) groups excluding carboxylic acids is 2. The summed E-state index contributed by atoms with van der Waals surface area (Å²) in [5.41, 5.74) is 1.12. The van der Waals surface area contributed by atoms with E-state index in [1.807, 2.05) is 42.5 Å². The van der Waals surface area contributed by atoms with Gasteiger partial charge in [-0.2, -0.15) is 5.01 Å². The number of rotatable bonds is 1. The molecule has 1 aliphatic heterocycles. The molecule has 0 saturated heterocycles. The van der Waals surface area contributed by atoms with Crippen molar-refractivity contribution >= 4 is 22.6 Å². The molecular formula is C21H15N3O2. The lowest BCUT2D eigenvalue weighted by molar-refractivity contribution is 0.0852. The van der Waals surface area contributed by atoms with E-state index in [0.717, 1.165) is 15.8 Å². The highest BCUT2D eigenvalue weighted by Gasteiger charge is 2.33. The first kappa shape index (κ1) is 15.8. The summed E-state index contributed by atoms with van der Waals surface area (Å²) in [6, 6.07) is 20.3. The van der Waals surface area contributed by atoms with Crippen LogP contribution in [0.3, 0.4) is 0 Å². The fourth-order valence-electron chi connectivity index (χ4n) is 3.00. The van der Waals surface area contributed by atoms with Crippen molar-refractivity contribution in [3.8, 4) is 0 Å². The van der Waals surface area contributed by atoms with Crippen molar-refractivity contribution in [2.24, 2.45) is 0 Å². The molecule has 0 aliphatic carbocycles. The van der Waals surface area contributed by atoms with E-state index < -0.39 is 0 Å². The summed E-state index contributed by atoms with van der Waals surface area (Å²) in [4.78, 5) is 29.0. The Labute approximate surface area is 150 Å². The second-order valence-corrected chi connectivity index (χ2v) is 5.72. The van der Waals surface area contributed by atoms with E-state index in [4.69, 9.17) is 0 Å². The summed E-state index contributed by atoms with van der Waals surface area (Å²) in [6.07, 6.45) is 6.87. The Hall–Kier alpha value is -3.73. The number of nitrogens with zero attached hydrogens (tertiary/aromatic N) is 3. The standard InChI is InChI=1S/C16H10N2O2.C5H5N/c19-15-12-7-3-5-11-6-4-8-13(14(11)12)16(20)18(15)17-9-1-2-10-17;1-2-4-6-5-3-1/h1-10H;1-5H. The molecule has 0 unspecified atom stereocenters. The quantitative estimate of drug-likeness (QED) is 0.497. The van der Waals surface area contributed by atoms with E-state index in [9.17, 15) is 9.59 Å². The van der Waals surface area contributed by atoms with Gasteiger partial charge in [0.25, 0.3) is 11.8 Å². The minimum atomic E-state index is -0.296. The van der Waals surface area contributed by atoms with E-state index in [2.05, 4.69) is 4.98 Å². The fraction of sp³-hybridized carbons (Fsp3) is 0. The van der Waals surface area contributed by atoms with Gasteiger partial charge in [-0.25, -0.2) is 0 Å². The fourth-order valence-corrected chi connectivity index (χ4v) is 3.00. The Morgan fingerprint density at radius 2 is 1.23 bits per heavy atom. The topological polar surface area (TPSA) is 55.2 Å². The van der Waals surface area contributed by atoms with E-state index in [-0.39, 0.29) is 11.8 Å². The summed E-state index contributed by atoms with van der Waals surface area (Å²) in [5, 5.41) is 2.82. The molecule has 0 saturated carbocycles. The Morgan fingerprint density at radius 3 is 1.69 bits per heavy atom. The smallest absolute Gasteiger partial charge is 0.267 e. The van der Waals surface area contributed by atoms with Crippen LogP contribution in [0.4, 0.5) is 0 Å². The molecule has 0 atom stereocenters. The summed E-state index contributed by atoms with van der Waals surface area (Å²) in [5.74, 6) is -0.592. The van der Waals surface area contributed by atoms with Crippen LogP contribution < -0.4 is 5.01 Å². The van der Waals surface area contributed by atoms with Gasteiger partial charge in [0.1, 0.15) is 0 Å². The van der Waals surface area contributed by atoms with Crippen molar-refractivity contribution in [2.75, 3.05) is 5.01 Å². The molecule has 0 spiro atoms. The number of pyridine rings is 1. The van der Waals surface area contributed by atoms with Gasteiger partial charge in [-0.1, -0.05) is 30.3 Å². The Bertz CT molecular complexity index is 996. The predicted molar refractivity (Wildman–Crippen MR) is 99.5 cm³/mol. The molecule has 2 aromatic carbocycles. The number of carbonyl (C=O) groups is 2. The molecule has 26 heavy (non-hydrogen) atoms. The third kappa shape index (κ3) is 2.65. The second-order valence-electron chi connectivity index (χ2n) is 5.72. The number of amides is 2. The molecule has 4 aromatic rings.